The maximum absolute atomic E-state index is 9.26. The molecular weight excluding hydrogens is 138 g/mol. The van der Waals surface area contributed by atoms with Gasteiger partial charge in [-0.2, -0.15) is 0 Å². The van der Waals surface area contributed by atoms with Gasteiger partial charge in [-0.05, 0) is 25.1 Å². The Kier molecular flexibility index (Phi) is 2.16. The lowest BCUT2D eigenvalue weighted by atomic mass is 10.1. The molecule has 1 aromatic carbocycles. The van der Waals surface area contributed by atoms with Crippen molar-refractivity contribution in [1.29, 1.82) is 0 Å². The molecule has 1 rings (SSSR count). The van der Waals surface area contributed by atoms with E-state index in [9.17, 15) is 5.11 Å². The summed E-state index contributed by atoms with van der Waals surface area (Å²) in [6.07, 6.45) is 3.67. The Morgan fingerprint density at radius 1 is 1.45 bits per heavy atom. The van der Waals surface area contributed by atoms with Crippen LogP contribution in [0.3, 0.4) is 0 Å². The predicted molar refractivity (Wildman–Crippen MR) is 47.2 cm³/mol. The van der Waals surface area contributed by atoms with Crippen molar-refractivity contribution in [3.8, 4) is 5.75 Å². The molecule has 0 aliphatic heterocycles. The van der Waals surface area contributed by atoms with Crippen molar-refractivity contribution in [2.24, 2.45) is 0 Å². The molecule has 0 aromatic heterocycles. The van der Waals surface area contributed by atoms with Gasteiger partial charge in [0.25, 0.3) is 0 Å². The third kappa shape index (κ3) is 1.74. The standard InChI is InChI=1S/C9H11NO/c1-2-3-7-6-8(10)4-5-9(7)11/h2-6,11H,10H2,1H3. The van der Waals surface area contributed by atoms with Crippen molar-refractivity contribution < 1.29 is 5.11 Å². The van der Waals surface area contributed by atoms with Gasteiger partial charge >= 0.3 is 0 Å². The number of hydrogen-bond donors (Lipinski definition) is 2. The molecule has 0 saturated carbocycles. The second-order valence-corrected chi connectivity index (χ2v) is 2.32. The lowest BCUT2D eigenvalue weighted by Gasteiger charge is -1.99. The molecule has 1 aromatic rings. The molecule has 0 amide bonds. The summed E-state index contributed by atoms with van der Waals surface area (Å²) < 4.78 is 0. The van der Waals surface area contributed by atoms with Crippen molar-refractivity contribution in [3.63, 3.8) is 0 Å². The molecule has 0 saturated heterocycles. The summed E-state index contributed by atoms with van der Waals surface area (Å²) in [6, 6.07) is 4.99. The zero-order chi connectivity index (χ0) is 8.27. The Labute approximate surface area is 66.0 Å². The van der Waals surface area contributed by atoms with Crippen molar-refractivity contribution >= 4 is 11.8 Å². The van der Waals surface area contributed by atoms with E-state index in [0.29, 0.717) is 5.69 Å². The topological polar surface area (TPSA) is 46.2 Å². The first kappa shape index (κ1) is 7.66. The molecule has 0 aliphatic rings. The summed E-state index contributed by atoms with van der Waals surface area (Å²) in [5.74, 6) is 0.261. The second-order valence-electron chi connectivity index (χ2n) is 2.32. The van der Waals surface area contributed by atoms with E-state index < -0.39 is 0 Å². The molecule has 2 nitrogen and oxygen atoms in total. The molecule has 58 valence electrons. The molecule has 0 aliphatic carbocycles. The van der Waals surface area contributed by atoms with Crippen LogP contribution in [-0.2, 0) is 0 Å². The number of hydrogen-bond acceptors (Lipinski definition) is 2. The minimum Gasteiger partial charge on any atom is -0.507 e. The van der Waals surface area contributed by atoms with Crippen LogP contribution >= 0.6 is 0 Å². The number of anilines is 1. The van der Waals surface area contributed by atoms with E-state index >= 15 is 0 Å². The van der Waals surface area contributed by atoms with Gasteiger partial charge in [0.2, 0.25) is 0 Å². The van der Waals surface area contributed by atoms with Gasteiger partial charge in [-0.25, -0.2) is 0 Å². The van der Waals surface area contributed by atoms with Crippen LogP contribution in [0, 0.1) is 0 Å². The minimum atomic E-state index is 0.261. The third-order valence-electron chi connectivity index (χ3n) is 1.40. The van der Waals surface area contributed by atoms with E-state index in [1.807, 2.05) is 19.1 Å². The maximum Gasteiger partial charge on any atom is 0.122 e. The van der Waals surface area contributed by atoms with Crippen molar-refractivity contribution in [2.45, 2.75) is 6.92 Å². The van der Waals surface area contributed by atoms with Gasteiger partial charge in [0.1, 0.15) is 5.75 Å². The Bertz CT molecular complexity index is 279. The summed E-state index contributed by atoms with van der Waals surface area (Å²) in [7, 11) is 0. The SMILES string of the molecule is CC=Cc1cc(N)ccc1O. The molecule has 0 atom stereocenters. The zero-order valence-electron chi connectivity index (χ0n) is 6.41. The minimum absolute atomic E-state index is 0.261. The molecule has 2 heteroatoms. The molecule has 11 heavy (non-hydrogen) atoms. The van der Waals surface area contributed by atoms with Gasteiger partial charge in [0.05, 0.1) is 0 Å². The van der Waals surface area contributed by atoms with Gasteiger partial charge in [-0.1, -0.05) is 12.2 Å². The van der Waals surface area contributed by atoms with Crippen LogP contribution in [0.25, 0.3) is 6.08 Å². The van der Waals surface area contributed by atoms with Crippen LogP contribution < -0.4 is 5.73 Å². The highest BCUT2D eigenvalue weighted by Gasteiger charge is 1.95. The van der Waals surface area contributed by atoms with Gasteiger partial charge < -0.3 is 10.8 Å². The second kappa shape index (κ2) is 3.10. The Balaban J connectivity index is 3.12. The molecule has 0 fully saturated rings. The lowest BCUT2D eigenvalue weighted by Crippen LogP contribution is -1.84. The van der Waals surface area contributed by atoms with Crippen LogP contribution in [0.4, 0.5) is 5.69 Å². The summed E-state index contributed by atoms with van der Waals surface area (Å²) in [6.45, 7) is 1.89. The average Bonchev–Trinajstić information content (AvgIpc) is 1.98. The number of aromatic hydroxyl groups is 1. The summed E-state index contributed by atoms with van der Waals surface area (Å²) in [5.41, 5.74) is 6.93. The van der Waals surface area contributed by atoms with Crippen molar-refractivity contribution in [2.75, 3.05) is 5.73 Å². The van der Waals surface area contributed by atoms with Crippen LogP contribution in [0.2, 0.25) is 0 Å². The predicted octanol–water partition coefficient (Wildman–Crippen LogP) is 2.01. The van der Waals surface area contributed by atoms with E-state index in [1.54, 1.807) is 18.2 Å². The summed E-state index contributed by atoms with van der Waals surface area (Å²) in [5, 5.41) is 9.26. The Morgan fingerprint density at radius 2 is 2.18 bits per heavy atom. The molecular formula is C9H11NO. The smallest absolute Gasteiger partial charge is 0.122 e. The quantitative estimate of drug-likeness (QED) is 0.474. The molecule has 0 spiro atoms. The fourth-order valence-corrected chi connectivity index (χ4v) is 0.886. The molecule has 0 heterocycles. The highest BCUT2D eigenvalue weighted by atomic mass is 16.3. The number of phenols is 1. The number of phenolic OH excluding ortho intramolecular Hbond substituents is 1. The summed E-state index contributed by atoms with van der Waals surface area (Å²) in [4.78, 5) is 0. The number of rotatable bonds is 1. The fraction of sp³-hybridized carbons (Fsp3) is 0.111. The van der Waals surface area contributed by atoms with E-state index in [-0.39, 0.29) is 5.75 Å². The van der Waals surface area contributed by atoms with Crippen molar-refractivity contribution in [3.05, 3.63) is 29.8 Å². The number of benzene rings is 1. The molecule has 0 radical (unpaired) electrons. The maximum atomic E-state index is 9.26. The lowest BCUT2D eigenvalue weighted by molar-refractivity contribution is 0.474. The Morgan fingerprint density at radius 3 is 2.82 bits per heavy atom. The van der Waals surface area contributed by atoms with Crippen LogP contribution in [0.1, 0.15) is 12.5 Å². The highest BCUT2D eigenvalue weighted by Crippen LogP contribution is 2.20. The van der Waals surface area contributed by atoms with E-state index in [0.717, 1.165) is 5.56 Å². The molecule has 0 bridgehead atoms. The van der Waals surface area contributed by atoms with Crippen LogP contribution in [0.5, 0.6) is 5.75 Å². The highest BCUT2D eigenvalue weighted by molar-refractivity contribution is 5.61. The van der Waals surface area contributed by atoms with Crippen molar-refractivity contribution in [1.82, 2.24) is 0 Å². The van der Waals surface area contributed by atoms with Gasteiger partial charge in [0, 0.05) is 11.3 Å². The normalized spacial score (nSPS) is 10.6. The average molecular weight is 149 g/mol. The number of allylic oxidation sites excluding steroid dienone is 1. The van der Waals surface area contributed by atoms with Gasteiger partial charge in [-0.3, -0.25) is 0 Å². The first-order valence-electron chi connectivity index (χ1n) is 3.45. The number of nitrogens with two attached hydrogens (primary N) is 1. The van der Waals surface area contributed by atoms with Gasteiger partial charge in [-0.15, -0.1) is 0 Å². The van der Waals surface area contributed by atoms with Gasteiger partial charge in [0.15, 0.2) is 0 Å². The van der Waals surface area contributed by atoms with Crippen LogP contribution in [-0.4, -0.2) is 5.11 Å². The van der Waals surface area contributed by atoms with Crippen LogP contribution in [0.15, 0.2) is 24.3 Å². The largest absolute Gasteiger partial charge is 0.507 e. The zero-order valence-corrected chi connectivity index (χ0v) is 6.41. The monoisotopic (exact) mass is 149 g/mol. The van der Waals surface area contributed by atoms with E-state index in [4.69, 9.17) is 5.73 Å². The number of nitrogen functional groups attached to an aromatic ring is 1. The first-order chi connectivity index (χ1) is 5.24. The molecule has 3 N–H and O–H groups in total. The summed E-state index contributed by atoms with van der Waals surface area (Å²) >= 11 is 0. The van der Waals surface area contributed by atoms with E-state index in [1.165, 1.54) is 0 Å². The first-order valence-corrected chi connectivity index (χ1v) is 3.45. The Hall–Kier alpha value is -1.44. The molecule has 0 unspecified atom stereocenters. The van der Waals surface area contributed by atoms with E-state index in [2.05, 4.69) is 0 Å². The third-order valence-corrected chi connectivity index (χ3v) is 1.40. The fourth-order valence-electron chi connectivity index (χ4n) is 0.886.